The fourth-order valence-corrected chi connectivity index (χ4v) is 3.12. The van der Waals surface area contributed by atoms with Crippen molar-refractivity contribution in [1.29, 1.82) is 0 Å². The predicted octanol–water partition coefficient (Wildman–Crippen LogP) is 2.08. The van der Waals surface area contributed by atoms with E-state index >= 15 is 0 Å². The summed E-state index contributed by atoms with van der Waals surface area (Å²) in [6.07, 6.45) is 6.10. The molecule has 6 nitrogen and oxygen atoms in total. The van der Waals surface area contributed by atoms with E-state index in [9.17, 15) is 19.5 Å². The standard InChI is InChI=1S/C17H30N2O4/c1-11(2)9-10-14(18-12(3)20)16(21)19-15(17(22)23)13-7-5-4-6-8-13/h11,13-15H,4-10H2,1-3H3,(H,18,20)(H,19,21)(H,22,23)/t14-,15-/m0/s1. The third-order valence-corrected chi connectivity index (χ3v) is 4.41. The third-order valence-electron chi connectivity index (χ3n) is 4.41. The second-order valence-electron chi connectivity index (χ2n) is 6.95. The molecule has 2 amide bonds. The SMILES string of the molecule is CC(=O)N[C@@H](CCC(C)C)C(=O)N[C@H](C(=O)O)C1CCCCC1. The van der Waals surface area contributed by atoms with Crippen molar-refractivity contribution in [3.8, 4) is 0 Å². The molecule has 2 atom stereocenters. The molecule has 0 aromatic heterocycles. The average molecular weight is 326 g/mol. The molecule has 1 rings (SSSR count). The minimum absolute atomic E-state index is 0.0201. The van der Waals surface area contributed by atoms with Crippen LogP contribution in [0.5, 0.6) is 0 Å². The second kappa shape index (κ2) is 9.53. The van der Waals surface area contributed by atoms with Crippen LogP contribution in [0.2, 0.25) is 0 Å². The number of carboxylic acids is 1. The van der Waals surface area contributed by atoms with Crippen LogP contribution in [0, 0.1) is 11.8 Å². The van der Waals surface area contributed by atoms with E-state index in [-0.39, 0.29) is 17.7 Å². The molecule has 6 heteroatoms. The Morgan fingerprint density at radius 1 is 1.04 bits per heavy atom. The van der Waals surface area contributed by atoms with Gasteiger partial charge in [-0.1, -0.05) is 33.1 Å². The van der Waals surface area contributed by atoms with Crippen molar-refractivity contribution < 1.29 is 19.5 Å². The number of carboxylic acid groups (broad SMARTS) is 1. The molecule has 0 aromatic carbocycles. The number of rotatable bonds is 8. The number of carbonyl (C=O) groups is 3. The number of hydrogen-bond acceptors (Lipinski definition) is 3. The van der Waals surface area contributed by atoms with Gasteiger partial charge in [-0.15, -0.1) is 0 Å². The van der Waals surface area contributed by atoms with Crippen molar-refractivity contribution in [2.45, 2.75) is 77.8 Å². The van der Waals surface area contributed by atoms with Crippen molar-refractivity contribution in [1.82, 2.24) is 10.6 Å². The molecule has 0 heterocycles. The van der Waals surface area contributed by atoms with Gasteiger partial charge in [0.05, 0.1) is 0 Å². The minimum atomic E-state index is -0.990. The van der Waals surface area contributed by atoms with Crippen LogP contribution in [0.3, 0.4) is 0 Å². The molecule has 1 fully saturated rings. The van der Waals surface area contributed by atoms with Gasteiger partial charge in [0.1, 0.15) is 12.1 Å². The van der Waals surface area contributed by atoms with Crippen LogP contribution in [-0.2, 0) is 14.4 Å². The van der Waals surface area contributed by atoms with Gasteiger partial charge in [-0.2, -0.15) is 0 Å². The highest BCUT2D eigenvalue weighted by Gasteiger charge is 2.32. The molecule has 0 saturated heterocycles. The Bertz CT molecular complexity index is 417. The Balaban J connectivity index is 2.71. The largest absolute Gasteiger partial charge is 0.480 e. The first-order valence-electron chi connectivity index (χ1n) is 8.61. The molecule has 0 aromatic rings. The maximum absolute atomic E-state index is 12.5. The predicted molar refractivity (Wildman–Crippen MR) is 87.8 cm³/mol. The smallest absolute Gasteiger partial charge is 0.326 e. The molecule has 0 spiro atoms. The fraction of sp³-hybridized carbons (Fsp3) is 0.824. The van der Waals surface area contributed by atoms with Crippen LogP contribution in [0.4, 0.5) is 0 Å². The molecule has 0 bridgehead atoms. The average Bonchev–Trinajstić information content (AvgIpc) is 2.48. The molecule has 0 radical (unpaired) electrons. The van der Waals surface area contributed by atoms with Crippen LogP contribution in [0.15, 0.2) is 0 Å². The molecule has 0 aliphatic heterocycles. The summed E-state index contributed by atoms with van der Waals surface area (Å²) in [4.78, 5) is 35.3. The summed E-state index contributed by atoms with van der Waals surface area (Å²) in [5.74, 6) is -1.27. The van der Waals surface area contributed by atoms with Crippen LogP contribution in [0.1, 0.15) is 65.7 Å². The van der Waals surface area contributed by atoms with E-state index in [1.165, 1.54) is 6.92 Å². The molecule has 23 heavy (non-hydrogen) atoms. The topological polar surface area (TPSA) is 95.5 Å². The second-order valence-corrected chi connectivity index (χ2v) is 6.95. The zero-order valence-corrected chi connectivity index (χ0v) is 14.4. The Morgan fingerprint density at radius 2 is 1.65 bits per heavy atom. The molecule has 1 saturated carbocycles. The van der Waals surface area contributed by atoms with Crippen molar-refractivity contribution in [2.75, 3.05) is 0 Å². The lowest BCUT2D eigenvalue weighted by Crippen LogP contribution is -2.53. The highest BCUT2D eigenvalue weighted by Crippen LogP contribution is 2.26. The van der Waals surface area contributed by atoms with Crippen LogP contribution in [0.25, 0.3) is 0 Å². The van der Waals surface area contributed by atoms with E-state index in [4.69, 9.17) is 0 Å². The summed E-state index contributed by atoms with van der Waals surface area (Å²) in [5.41, 5.74) is 0. The lowest BCUT2D eigenvalue weighted by molar-refractivity contribution is -0.144. The summed E-state index contributed by atoms with van der Waals surface area (Å²) in [6.45, 7) is 5.46. The molecule has 3 N–H and O–H groups in total. The van der Waals surface area contributed by atoms with E-state index in [0.29, 0.717) is 12.3 Å². The van der Waals surface area contributed by atoms with Gasteiger partial charge in [-0.25, -0.2) is 4.79 Å². The van der Waals surface area contributed by atoms with Crippen molar-refractivity contribution in [2.24, 2.45) is 11.8 Å². The zero-order chi connectivity index (χ0) is 17.4. The number of carbonyl (C=O) groups excluding carboxylic acids is 2. The number of aliphatic carboxylic acids is 1. The Labute approximate surface area is 138 Å². The van der Waals surface area contributed by atoms with Gasteiger partial charge in [-0.3, -0.25) is 9.59 Å². The van der Waals surface area contributed by atoms with E-state index in [1.807, 2.05) is 13.8 Å². The highest BCUT2D eigenvalue weighted by molar-refractivity contribution is 5.90. The summed E-state index contributed by atoms with van der Waals surface area (Å²) >= 11 is 0. The molecule has 0 unspecified atom stereocenters. The normalized spacial score (nSPS) is 18.3. The van der Waals surface area contributed by atoms with Gasteiger partial charge in [0.15, 0.2) is 0 Å². The van der Waals surface area contributed by atoms with E-state index < -0.39 is 18.1 Å². The van der Waals surface area contributed by atoms with E-state index in [1.54, 1.807) is 0 Å². The van der Waals surface area contributed by atoms with Gasteiger partial charge >= 0.3 is 5.97 Å². The minimum Gasteiger partial charge on any atom is -0.480 e. The number of hydrogen-bond donors (Lipinski definition) is 3. The fourth-order valence-electron chi connectivity index (χ4n) is 3.12. The Kier molecular flexibility index (Phi) is 8.06. The summed E-state index contributed by atoms with van der Waals surface area (Å²) in [5, 5.41) is 14.8. The summed E-state index contributed by atoms with van der Waals surface area (Å²) in [7, 11) is 0. The van der Waals surface area contributed by atoms with E-state index in [2.05, 4.69) is 10.6 Å². The first-order chi connectivity index (χ1) is 10.8. The van der Waals surface area contributed by atoms with E-state index in [0.717, 1.165) is 38.5 Å². The van der Waals surface area contributed by atoms with Gasteiger partial charge in [-0.05, 0) is 37.5 Å². The molecular formula is C17H30N2O4. The summed E-state index contributed by atoms with van der Waals surface area (Å²) < 4.78 is 0. The Hall–Kier alpha value is -1.59. The van der Waals surface area contributed by atoms with Crippen molar-refractivity contribution in [3.05, 3.63) is 0 Å². The number of nitrogens with one attached hydrogen (secondary N) is 2. The molecule has 1 aliphatic carbocycles. The molecule has 132 valence electrons. The monoisotopic (exact) mass is 326 g/mol. The van der Waals surface area contributed by atoms with Crippen molar-refractivity contribution in [3.63, 3.8) is 0 Å². The highest BCUT2D eigenvalue weighted by atomic mass is 16.4. The first-order valence-corrected chi connectivity index (χ1v) is 8.61. The van der Waals surface area contributed by atoms with Crippen LogP contribution < -0.4 is 10.6 Å². The van der Waals surface area contributed by atoms with Crippen LogP contribution in [-0.4, -0.2) is 35.0 Å². The summed E-state index contributed by atoms with van der Waals surface area (Å²) in [6, 6.07) is -1.53. The maximum Gasteiger partial charge on any atom is 0.326 e. The van der Waals surface area contributed by atoms with Gasteiger partial charge in [0.2, 0.25) is 11.8 Å². The van der Waals surface area contributed by atoms with Gasteiger partial charge in [0, 0.05) is 6.92 Å². The quantitative estimate of drug-likeness (QED) is 0.636. The third kappa shape index (κ3) is 7.01. The first kappa shape index (κ1) is 19.5. The lowest BCUT2D eigenvalue weighted by atomic mass is 9.83. The van der Waals surface area contributed by atoms with Crippen molar-refractivity contribution >= 4 is 17.8 Å². The molecular weight excluding hydrogens is 296 g/mol. The Morgan fingerprint density at radius 3 is 2.13 bits per heavy atom. The zero-order valence-electron chi connectivity index (χ0n) is 14.4. The lowest BCUT2D eigenvalue weighted by Gasteiger charge is -2.29. The maximum atomic E-state index is 12.5. The van der Waals surface area contributed by atoms with Crippen LogP contribution >= 0.6 is 0 Å². The van der Waals surface area contributed by atoms with Gasteiger partial charge in [0.25, 0.3) is 0 Å². The van der Waals surface area contributed by atoms with Gasteiger partial charge < -0.3 is 15.7 Å². The number of amides is 2. The molecule has 1 aliphatic rings.